The van der Waals surface area contributed by atoms with Gasteiger partial charge in [0.1, 0.15) is 0 Å². The molecule has 0 unspecified atom stereocenters. The molecule has 0 bridgehead atoms. The van der Waals surface area contributed by atoms with Gasteiger partial charge in [0.15, 0.2) is 15.6 Å². The van der Waals surface area contributed by atoms with E-state index in [1.807, 2.05) is 0 Å². The van der Waals surface area contributed by atoms with E-state index in [4.69, 9.17) is 11.6 Å². The van der Waals surface area contributed by atoms with Crippen LogP contribution in [-0.4, -0.2) is 26.4 Å². The van der Waals surface area contributed by atoms with Gasteiger partial charge in [0.05, 0.1) is 15.6 Å². The number of rotatable bonds is 5. The van der Waals surface area contributed by atoms with Gasteiger partial charge in [0, 0.05) is 27.4 Å². The minimum absolute atomic E-state index is 0.0355. The zero-order chi connectivity index (χ0) is 21.2. The molecule has 0 radical (unpaired) electrons. The van der Waals surface area contributed by atoms with E-state index in [-0.39, 0.29) is 27.5 Å². The maximum atomic E-state index is 13.0. The quantitative estimate of drug-likeness (QED) is 0.509. The summed E-state index contributed by atoms with van der Waals surface area (Å²) in [7, 11) is -3.45. The molecule has 1 amide bonds. The van der Waals surface area contributed by atoms with Gasteiger partial charge in [-0.3, -0.25) is 9.59 Å². The maximum Gasteiger partial charge on any atom is 0.255 e. The molecule has 0 aliphatic rings. The smallest absolute Gasteiger partial charge is 0.255 e. The van der Waals surface area contributed by atoms with Gasteiger partial charge >= 0.3 is 0 Å². The number of anilines is 1. The molecular formula is C21H15BrClNO4S. The van der Waals surface area contributed by atoms with Crippen LogP contribution in [0.15, 0.2) is 76.1 Å². The Labute approximate surface area is 181 Å². The molecule has 3 aromatic rings. The second-order valence-corrected chi connectivity index (χ2v) is 9.59. The molecule has 0 spiro atoms. The van der Waals surface area contributed by atoms with E-state index in [0.717, 1.165) is 6.26 Å². The van der Waals surface area contributed by atoms with Gasteiger partial charge < -0.3 is 5.32 Å². The lowest BCUT2D eigenvalue weighted by Gasteiger charge is -2.12. The van der Waals surface area contributed by atoms with Crippen molar-refractivity contribution in [3.63, 3.8) is 0 Å². The van der Waals surface area contributed by atoms with Gasteiger partial charge in [-0.1, -0.05) is 45.7 Å². The van der Waals surface area contributed by atoms with Crippen molar-refractivity contribution in [3.05, 3.63) is 92.9 Å². The van der Waals surface area contributed by atoms with Crippen LogP contribution < -0.4 is 5.32 Å². The predicted octanol–water partition coefficient (Wildman–Crippen LogP) is 4.99. The standard InChI is InChI=1S/C21H15BrClNO4S/c1-29(27,28)15-6-4-5-13(11-15)21(26)24-19-10-9-14(22)12-17(19)20(25)16-7-2-3-8-18(16)23/h2-12H,1H3,(H,24,26). The van der Waals surface area contributed by atoms with Crippen molar-refractivity contribution in [2.24, 2.45) is 0 Å². The first kappa shape index (κ1) is 21.2. The van der Waals surface area contributed by atoms with Crippen LogP contribution in [0.5, 0.6) is 0 Å². The molecule has 0 heterocycles. The molecule has 3 rings (SSSR count). The molecule has 0 fully saturated rings. The van der Waals surface area contributed by atoms with E-state index in [2.05, 4.69) is 21.2 Å². The molecule has 0 aromatic heterocycles. The third-order valence-electron chi connectivity index (χ3n) is 4.12. The fraction of sp³-hybridized carbons (Fsp3) is 0.0476. The maximum absolute atomic E-state index is 13.0. The highest BCUT2D eigenvalue weighted by molar-refractivity contribution is 9.10. The monoisotopic (exact) mass is 491 g/mol. The first-order valence-electron chi connectivity index (χ1n) is 8.37. The second-order valence-electron chi connectivity index (χ2n) is 6.25. The predicted molar refractivity (Wildman–Crippen MR) is 117 cm³/mol. The van der Waals surface area contributed by atoms with Gasteiger partial charge in [-0.15, -0.1) is 0 Å². The molecule has 0 saturated carbocycles. The molecule has 0 aliphatic heterocycles. The summed E-state index contributed by atoms with van der Waals surface area (Å²) in [6, 6.07) is 17.2. The van der Waals surface area contributed by atoms with Crippen molar-refractivity contribution >= 4 is 54.7 Å². The fourth-order valence-electron chi connectivity index (χ4n) is 2.67. The van der Waals surface area contributed by atoms with Crippen LogP contribution in [0, 0.1) is 0 Å². The van der Waals surface area contributed by atoms with Crippen molar-refractivity contribution < 1.29 is 18.0 Å². The Morgan fingerprint density at radius 2 is 1.66 bits per heavy atom. The van der Waals surface area contributed by atoms with Crippen molar-refractivity contribution in [3.8, 4) is 0 Å². The number of ketones is 1. The summed E-state index contributed by atoms with van der Waals surface area (Å²) in [6.45, 7) is 0. The lowest BCUT2D eigenvalue weighted by atomic mass is 10.0. The number of amides is 1. The fourth-order valence-corrected chi connectivity index (χ4v) is 3.92. The van der Waals surface area contributed by atoms with E-state index in [1.54, 1.807) is 42.5 Å². The molecule has 148 valence electrons. The Morgan fingerprint density at radius 1 is 0.931 bits per heavy atom. The summed E-state index contributed by atoms with van der Waals surface area (Å²) in [5.74, 6) is -0.886. The normalized spacial score (nSPS) is 11.1. The Balaban J connectivity index is 1.98. The summed E-state index contributed by atoms with van der Waals surface area (Å²) >= 11 is 9.48. The third kappa shape index (κ3) is 4.93. The van der Waals surface area contributed by atoms with Gasteiger partial charge in [-0.2, -0.15) is 0 Å². The van der Waals surface area contributed by atoms with Gasteiger partial charge in [0.25, 0.3) is 5.91 Å². The number of sulfone groups is 1. The minimum Gasteiger partial charge on any atom is -0.321 e. The molecule has 0 atom stereocenters. The van der Waals surface area contributed by atoms with Crippen molar-refractivity contribution in [1.82, 2.24) is 0 Å². The van der Waals surface area contributed by atoms with Crippen LogP contribution in [0.4, 0.5) is 5.69 Å². The van der Waals surface area contributed by atoms with Crippen LogP contribution in [0.2, 0.25) is 5.02 Å². The number of benzene rings is 3. The van der Waals surface area contributed by atoms with Crippen molar-refractivity contribution in [2.75, 3.05) is 11.6 Å². The lowest BCUT2D eigenvalue weighted by Crippen LogP contribution is -2.16. The number of carbonyl (C=O) groups excluding carboxylic acids is 2. The zero-order valence-electron chi connectivity index (χ0n) is 15.1. The summed E-state index contributed by atoms with van der Waals surface area (Å²) in [5, 5.41) is 2.99. The van der Waals surface area contributed by atoms with Crippen LogP contribution in [0.3, 0.4) is 0 Å². The number of halogens is 2. The van der Waals surface area contributed by atoms with E-state index in [9.17, 15) is 18.0 Å². The minimum atomic E-state index is -3.45. The van der Waals surface area contributed by atoms with E-state index >= 15 is 0 Å². The lowest BCUT2D eigenvalue weighted by molar-refractivity contribution is 0.102. The summed E-state index contributed by atoms with van der Waals surface area (Å²) in [6.07, 6.45) is 1.07. The molecule has 0 aliphatic carbocycles. The first-order valence-corrected chi connectivity index (χ1v) is 11.4. The van der Waals surface area contributed by atoms with Crippen LogP contribution >= 0.6 is 27.5 Å². The molecular weight excluding hydrogens is 478 g/mol. The largest absolute Gasteiger partial charge is 0.321 e. The van der Waals surface area contributed by atoms with E-state index in [0.29, 0.717) is 15.1 Å². The topological polar surface area (TPSA) is 80.3 Å². The Bertz CT molecular complexity index is 1220. The van der Waals surface area contributed by atoms with Crippen molar-refractivity contribution in [1.29, 1.82) is 0 Å². The van der Waals surface area contributed by atoms with Gasteiger partial charge in [0.2, 0.25) is 0 Å². The average Bonchev–Trinajstić information content (AvgIpc) is 2.68. The highest BCUT2D eigenvalue weighted by Gasteiger charge is 2.19. The summed E-state index contributed by atoms with van der Waals surface area (Å²) in [4.78, 5) is 25.7. The third-order valence-corrected chi connectivity index (χ3v) is 6.05. The van der Waals surface area contributed by atoms with Gasteiger partial charge in [-0.05, 0) is 48.5 Å². The molecule has 29 heavy (non-hydrogen) atoms. The van der Waals surface area contributed by atoms with E-state index in [1.165, 1.54) is 24.3 Å². The Morgan fingerprint density at radius 3 is 2.34 bits per heavy atom. The average molecular weight is 493 g/mol. The van der Waals surface area contributed by atoms with Crippen molar-refractivity contribution in [2.45, 2.75) is 4.90 Å². The summed E-state index contributed by atoms with van der Waals surface area (Å²) in [5.41, 5.74) is 1.00. The van der Waals surface area contributed by atoms with Crippen LogP contribution in [-0.2, 0) is 9.84 Å². The molecule has 8 heteroatoms. The number of carbonyl (C=O) groups is 2. The van der Waals surface area contributed by atoms with Crippen LogP contribution in [0.25, 0.3) is 0 Å². The van der Waals surface area contributed by atoms with Crippen LogP contribution in [0.1, 0.15) is 26.3 Å². The second kappa shape index (κ2) is 8.49. The number of hydrogen-bond donors (Lipinski definition) is 1. The molecule has 3 aromatic carbocycles. The number of nitrogens with one attached hydrogen (secondary N) is 1. The molecule has 0 saturated heterocycles. The first-order chi connectivity index (χ1) is 13.7. The van der Waals surface area contributed by atoms with Gasteiger partial charge in [-0.25, -0.2) is 8.42 Å². The SMILES string of the molecule is CS(=O)(=O)c1cccc(C(=O)Nc2ccc(Br)cc2C(=O)c2ccccc2Cl)c1. The Kier molecular flexibility index (Phi) is 6.21. The molecule has 1 N–H and O–H groups in total. The van der Waals surface area contributed by atoms with E-state index < -0.39 is 15.7 Å². The number of hydrogen-bond acceptors (Lipinski definition) is 4. The zero-order valence-corrected chi connectivity index (χ0v) is 18.3. The molecule has 5 nitrogen and oxygen atoms in total. The summed E-state index contributed by atoms with van der Waals surface area (Å²) < 4.78 is 24.1. The highest BCUT2D eigenvalue weighted by Crippen LogP contribution is 2.27. The Hall–Kier alpha value is -2.48. The highest BCUT2D eigenvalue weighted by atomic mass is 79.9.